The average molecular weight is 274 g/mol. The van der Waals surface area contributed by atoms with E-state index in [0.717, 1.165) is 6.07 Å². The Kier molecular flexibility index (Phi) is 5.37. The number of benzene rings is 1. The second kappa shape index (κ2) is 5.44. The summed E-state index contributed by atoms with van der Waals surface area (Å²) < 4.78 is 31.9. The molecule has 0 heterocycles. The van der Waals surface area contributed by atoms with E-state index in [4.69, 9.17) is 11.6 Å². The minimum Gasteiger partial charge on any atom is -0.744 e. The van der Waals surface area contributed by atoms with Crippen LogP contribution in [0.25, 0.3) is 0 Å². The SMILES string of the molecule is Cc1c(Cl)cc(S(=O)(=O)[O-])cc1[N+](=O)[O-].[Na+]. The Morgan fingerprint density at radius 3 is 2.25 bits per heavy atom. The Morgan fingerprint density at radius 2 is 1.88 bits per heavy atom. The van der Waals surface area contributed by atoms with Gasteiger partial charge in [-0.15, -0.1) is 0 Å². The topological polar surface area (TPSA) is 100 Å². The van der Waals surface area contributed by atoms with Crippen LogP contribution >= 0.6 is 11.6 Å². The van der Waals surface area contributed by atoms with Crippen LogP contribution in [0.1, 0.15) is 5.56 Å². The molecule has 0 aromatic heterocycles. The molecule has 0 N–H and O–H groups in total. The quantitative estimate of drug-likeness (QED) is 0.281. The molecule has 0 atom stereocenters. The number of halogens is 1. The molecule has 0 radical (unpaired) electrons. The van der Waals surface area contributed by atoms with E-state index in [-0.39, 0.29) is 40.1 Å². The Balaban J connectivity index is 0.00000225. The molecule has 0 aliphatic carbocycles. The Labute approximate surface area is 119 Å². The van der Waals surface area contributed by atoms with Gasteiger partial charge in [-0.2, -0.15) is 0 Å². The molecule has 82 valence electrons. The van der Waals surface area contributed by atoms with Gasteiger partial charge in [0.25, 0.3) is 5.69 Å². The summed E-state index contributed by atoms with van der Waals surface area (Å²) >= 11 is 5.56. The molecule has 0 spiro atoms. The summed E-state index contributed by atoms with van der Waals surface area (Å²) in [5, 5.41) is 10.4. The third-order valence-corrected chi connectivity index (χ3v) is 2.98. The van der Waals surface area contributed by atoms with Crippen molar-refractivity contribution in [3.05, 3.63) is 32.8 Å². The van der Waals surface area contributed by atoms with Gasteiger partial charge in [0.15, 0.2) is 0 Å². The van der Waals surface area contributed by atoms with Crippen molar-refractivity contribution < 1.29 is 47.5 Å². The maximum absolute atomic E-state index is 10.6. The van der Waals surface area contributed by atoms with Gasteiger partial charge in [-0.1, -0.05) is 11.6 Å². The van der Waals surface area contributed by atoms with Crippen LogP contribution in [-0.2, 0) is 10.1 Å². The van der Waals surface area contributed by atoms with Crippen molar-refractivity contribution in [1.82, 2.24) is 0 Å². The van der Waals surface area contributed by atoms with Gasteiger partial charge in [0.2, 0.25) is 0 Å². The largest absolute Gasteiger partial charge is 1.00 e. The minimum absolute atomic E-state index is 0. The molecular weight excluding hydrogens is 269 g/mol. The second-order valence-corrected chi connectivity index (χ2v) is 4.55. The van der Waals surface area contributed by atoms with E-state index in [1.54, 1.807) is 0 Å². The summed E-state index contributed by atoms with van der Waals surface area (Å²) in [6, 6.07) is 1.59. The van der Waals surface area contributed by atoms with Crippen LogP contribution in [0.4, 0.5) is 5.69 Å². The predicted octanol–water partition coefficient (Wildman–Crippen LogP) is -1.54. The molecule has 6 nitrogen and oxygen atoms in total. The molecule has 0 aliphatic heterocycles. The number of nitro groups is 1. The van der Waals surface area contributed by atoms with E-state index in [1.807, 2.05) is 0 Å². The molecule has 0 fully saturated rings. The standard InChI is InChI=1S/C7H6ClNO5S.Na/c1-4-6(8)2-5(15(12,13)14)3-7(4)9(10)11;/h2-3H,1H3,(H,12,13,14);/q;+1/p-1. The molecule has 0 bridgehead atoms. The zero-order chi connectivity index (χ0) is 11.8. The third-order valence-electron chi connectivity index (χ3n) is 1.78. The van der Waals surface area contributed by atoms with E-state index >= 15 is 0 Å². The van der Waals surface area contributed by atoms with Gasteiger partial charge >= 0.3 is 29.6 Å². The summed E-state index contributed by atoms with van der Waals surface area (Å²) in [7, 11) is -4.74. The molecular formula is C7H5ClNNaO5S. The fourth-order valence-corrected chi connectivity index (χ4v) is 1.77. The first-order valence-electron chi connectivity index (χ1n) is 3.64. The van der Waals surface area contributed by atoms with Gasteiger partial charge in [-0.05, 0) is 13.0 Å². The predicted molar refractivity (Wildman–Crippen MR) is 50.8 cm³/mol. The molecule has 0 saturated carbocycles. The van der Waals surface area contributed by atoms with E-state index in [0.29, 0.717) is 6.07 Å². The zero-order valence-corrected chi connectivity index (χ0v) is 12.0. The van der Waals surface area contributed by atoms with E-state index < -0.39 is 25.6 Å². The van der Waals surface area contributed by atoms with Gasteiger partial charge in [0, 0.05) is 11.6 Å². The molecule has 0 saturated heterocycles. The van der Waals surface area contributed by atoms with Crippen LogP contribution in [0.15, 0.2) is 17.0 Å². The first kappa shape index (κ1) is 15.8. The van der Waals surface area contributed by atoms with Gasteiger partial charge in [-0.25, -0.2) is 8.42 Å². The summed E-state index contributed by atoms with van der Waals surface area (Å²) in [5.41, 5.74) is -0.369. The van der Waals surface area contributed by atoms with Crippen molar-refractivity contribution in [1.29, 1.82) is 0 Å². The van der Waals surface area contributed by atoms with Crippen molar-refractivity contribution >= 4 is 27.4 Å². The minimum atomic E-state index is -4.74. The monoisotopic (exact) mass is 273 g/mol. The van der Waals surface area contributed by atoms with E-state index in [1.165, 1.54) is 6.92 Å². The number of hydrogen-bond acceptors (Lipinski definition) is 5. The molecule has 1 rings (SSSR count). The Hall–Kier alpha value is -0.180. The fourth-order valence-electron chi connectivity index (χ4n) is 0.974. The van der Waals surface area contributed by atoms with Gasteiger partial charge < -0.3 is 4.55 Å². The third kappa shape index (κ3) is 3.41. The number of nitrogens with zero attached hydrogens (tertiary/aromatic N) is 1. The van der Waals surface area contributed by atoms with Gasteiger partial charge in [-0.3, -0.25) is 10.1 Å². The summed E-state index contributed by atoms with van der Waals surface area (Å²) in [5.74, 6) is 0. The van der Waals surface area contributed by atoms with E-state index in [9.17, 15) is 23.1 Å². The van der Waals surface area contributed by atoms with Crippen LogP contribution in [0.2, 0.25) is 5.02 Å². The van der Waals surface area contributed by atoms with Crippen LogP contribution in [0, 0.1) is 17.0 Å². The average Bonchev–Trinajstić information content (AvgIpc) is 2.06. The van der Waals surface area contributed by atoms with Crippen LogP contribution in [0.3, 0.4) is 0 Å². The molecule has 1 aromatic rings. The molecule has 16 heavy (non-hydrogen) atoms. The zero-order valence-electron chi connectivity index (χ0n) is 8.43. The fraction of sp³-hybridized carbons (Fsp3) is 0.143. The van der Waals surface area contributed by atoms with E-state index in [2.05, 4.69) is 0 Å². The van der Waals surface area contributed by atoms with Crippen LogP contribution < -0.4 is 29.6 Å². The number of nitro benzene ring substituents is 1. The first-order valence-corrected chi connectivity index (χ1v) is 5.42. The van der Waals surface area contributed by atoms with Crippen molar-refractivity contribution in [2.45, 2.75) is 11.8 Å². The smallest absolute Gasteiger partial charge is 0.744 e. The molecule has 9 heteroatoms. The van der Waals surface area contributed by atoms with Crippen molar-refractivity contribution in [3.8, 4) is 0 Å². The maximum Gasteiger partial charge on any atom is 1.00 e. The first-order chi connectivity index (χ1) is 6.73. The van der Waals surface area contributed by atoms with Crippen LogP contribution in [0.5, 0.6) is 0 Å². The maximum atomic E-state index is 10.6. The second-order valence-electron chi connectivity index (χ2n) is 2.76. The van der Waals surface area contributed by atoms with Crippen molar-refractivity contribution in [2.75, 3.05) is 0 Å². The Morgan fingerprint density at radius 1 is 1.38 bits per heavy atom. The Bertz CT molecular complexity index is 530. The summed E-state index contributed by atoms with van der Waals surface area (Å²) in [4.78, 5) is 9.00. The van der Waals surface area contributed by atoms with Crippen LogP contribution in [-0.4, -0.2) is 17.9 Å². The van der Waals surface area contributed by atoms with Crippen molar-refractivity contribution in [3.63, 3.8) is 0 Å². The number of rotatable bonds is 2. The summed E-state index contributed by atoms with van der Waals surface area (Å²) in [6.45, 7) is 1.36. The molecule has 0 unspecified atom stereocenters. The molecule has 0 aliphatic rings. The number of hydrogen-bond donors (Lipinski definition) is 0. The van der Waals surface area contributed by atoms with Crippen molar-refractivity contribution in [2.24, 2.45) is 0 Å². The molecule has 1 aromatic carbocycles. The normalized spacial score (nSPS) is 10.7. The van der Waals surface area contributed by atoms with Gasteiger partial charge in [0.05, 0.1) is 14.8 Å². The molecule has 0 amide bonds. The summed E-state index contributed by atoms with van der Waals surface area (Å²) in [6.07, 6.45) is 0. The van der Waals surface area contributed by atoms with Gasteiger partial charge in [0.1, 0.15) is 10.1 Å².